The van der Waals surface area contributed by atoms with E-state index in [-0.39, 0.29) is 11.5 Å². The number of hydrogen-bond donors (Lipinski definition) is 1. The first kappa shape index (κ1) is 24.3. The second kappa shape index (κ2) is 11.5. The zero-order chi connectivity index (χ0) is 23.1. The molecule has 0 unspecified atom stereocenters. The molecule has 0 radical (unpaired) electrons. The Balaban J connectivity index is 1.49. The van der Waals surface area contributed by atoms with Crippen molar-refractivity contribution in [3.8, 4) is 0 Å². The minimum atomic E-state index is 0.000365. The van der Waals surface area contributed by atoms with Crippen LogP contribution in [0.15, 0.2) is 63.0 Å². The van der Waals surface area contributed by atoms with Gasteiger partial charge in [0.05, 0.1) is 0 Å². The van der Waals surface area contributed by atoms with Crippen LogP contribution in [0.4, 0.5) is 5.69 Å². The van der Waals surface area contributed by atoms with E-state index in [2.05, 4.69) is 26.2 Å². The van der Waals surface area contributed by atoms with Crippen LogP contribution in [0, 0.1) is 13.8 Å². The fraction of sp³-hybridized carbons (Fsp3) is 0.320. The van der Waals surface area contributed by atoms with Gasteiger partial charge in [-0.15, -0.1) is 0 Å². The van der Waals surface area contributed by atoms with Crippen LogP contribution in [0.2, 0.25) is 0 Å². The third-order valence-electron chi connectivity index (χ3n) is 5.21. The summed E-state index contributed by atoms with van der Waals surface area (Å²) in [6.45, 7) is 3.92. The van der Waals surface area contributed by atoms with Gasteiger partial charge in [-0.25, -0.2) is 4.98 Å². The zero-order valence-electron chi connectivity index (χ0n) is 18.7. The van der Waals surface area contributed by atoms with Crippen LogP contribution in [0.5, 0.6) is 0 Å². The van der Waals surface area contributed by atoms with Crippen LogP contribution in [-0.2, 0) is 18.3 Å². The predicted octanol–water partition coefficient (Wildman–Crippen LogP) is 5.65. The van der Waals surface area contributed by atoms with E-state index in [1.807, 2.05) is 62.4 Å². The summed E-state index contributed by atoms with van der Waals surface area (Å²) in [5, 5.41) is 3.64. The van der Waals surface area contributed by atoms with Gasteiger partial charge < -0.3 is 5.32 Å². The molecule has 3 aromatic rings. The number of thioether (sulfide) groups is 1. The minimum absolute atomic E-state index is 0.000365. The van der Waals surface area contributed by atoms with Gasteiger partial charge in [0, 0.05) is 47.1 Å². The molecule has 1 amide bonds. The number of anilines is 1. The number of nitrogens with zero attached hydrogens (tertiary/aromatic N) is 2. The summed E-state index contributed by atoms with van der Waals surface area (Å²) in [6.07, 6.45) is 2.71. The van der Waals surface area contributed by atoms with Crippen LogP contribution in [0.3, 0.4) is 0 Å². The number of halogens is 1. The van der Waals surface area contributed by atoms with Crippen LogP contribution >= 0.6 is 27.7 Å². The number of amides is 1. The van der Waals surface area contributed by atoms with E-state index in [1.54, 1.807) is 23.4 Å². The summed E-state index contributed by atoms with van der Waals surface area (Å²) in [5.74, 6) is 0.835. The first-order valence-electron chi connectivity index (χ1n) is 10.6. The Labute approximate surface area is 201 Å². The molecule has 1 aromatic heterocycles. The fourth-order valence-electron chi connectivity index (χ4n) is 3.28. The van der Waals surface area contributed by atoms with E-state index in [0.29, 0.717) is 12.8 Å². The monoisotopic (exact) mass is 513 g/mol. The highest BCUT2D eigenvalue weighted by Gasteiger charge is 2.13. The molecule has 7 heteroatoms. The maximum Gasteiger partial charge on any atom is 0.257 e. The Morgan fingerprint density at radius 3 is 2.44 bits per heavy atom. The molecule has 168 valence electrons. The molecule has 0 fully saturated rings. The van der Waals surface area contributed by atoms with Gasteiger partial charge in [-0.1, -0.05) is 57.5 Å². The lowest BCUT2D eigenvalue weighted by Crippen LogP contribution is -2.25. The van der Waals surface area contributed by atoms with Crippen molar-refractivity contribution in [2.24, 2.45) is 7.05 Å². The van der Waals surface area contributed by atoms with Crippen LogP contribution < -0.4 is 10.9 Å². The van der Waals surface area contributed by atoms with Crippen molar-refractivity contribution in [3.63, 3.8) is 0 Å². The number of nitrogens with one attached hydrogen (secondary N) is 1. The molecule has 3 rings (SSSR count). The van der Waals surface area contributed by atoms with Gasteiger partial charge in [-0.3, -0.25) is 14.2 Å². The number of hydrogen-bond acceptors (Lipinski definition) is 4. The Morgan fingerprint density at radius 1 is 1.06 bits per heavy atom. The smallest absolute Gasteiger partial charge is 0.257 e. The molecule has 0 aliphatic carbocycles. The SMILES string of the molecule is Cc1ccc(NC(=O)CCCCSc2nc(C)c(Cc3ccc(Br)cc3)c(=O)n2C)cc1. The van der Waals surface area contributed by atoms with Gasteiger partial charge in [-0.05, 0) is 56.5 Å². The van der Waals surface area contributed by atoms with Crippen molar-refractivity contribution < 1.29 is 4.79 Å². The molecular weight excluding hydrogens is 486 g/mol. The molecule has 2 aromatic carbocycles. The molecule has 0 aliphatic rings. The zero-order valence-corrected chi connectivity index (χ0v) is 21.1. The number of benzene rings is 2. The summed E-state index contributed by atoms with van der Waals surface area (Å²) in [4.78, 5) is 29.7. The van der Waals surface area contributed by atoms with Gasteiger partial charge >= 0.3 is 0 Å². The van der Waals surface area contributed by atoms with Crippen molar-refractivity contribution in [1.82, 2.24) is 9.55 Å². The summed E-state index contributed by atoms with van der Waals surface area (Å²) in [7, 11) is 1.78. The second-order valence-electron chi connectivity index (χ2n) is 7.85. The van der Waals surface area contributed by atoms with Gasteiger partial charge in [0.25, 0.3) is 5.56 Å². The molecule has 0 atom stereocenters. The number of aromatic nitrogens is 2. The molecule has 32 heavy (non-hydrogen) atoms. The lowest BCUT2D eigenvalue weighted by atomic mass is 10.1. The first-order valence-corrected chi connectivity index (χ1v) is 12.4. The quantitative estimate of drug-likeness (QED) is 0.228. The van der Waals surface area contributed by atoms with E-state index < -0.39 is 0 Å². The molecule has 0 spiro atoms. The third-order valence-corrected chi connectivity index (χ3v) is 6.85. The van der Waals surface area contributed by atoms with Crippen LogP contribution in [-0.4, -0.2) is 21.2 Å². The number of carbonyl (C=O) groups is 1. The summed E-state index contributed by atoms with van der Waals surface area (Å²) in [5.41, 5.74) is 4.58. The summed E-state index contributed by atoms with van der Waals surface area (Å²) < 4.78 is 2.65. The summed E-state index contributed by atoms with van der Waals surface area (Å²) >= 11 is 5.00. The lowest BCUT2D eigenvalue weighted by Gasteiger charge is -2.12. The molecule has 0 aliphatic heterocycles. The first-order chi connectivity index (χ1) is 15.3. The average molecular weight is 514 g/mol. The minimum Gasteiger partial charge on any atom is -0.326 e. The van der Waals surface area contributed by atoms with Crippen molar-refractivity contribution >= 4 is 39.3 Å². The van der Waals surface area contributed by atoms with Crippen LogP contribution in [0.1, 0.15) is 41.6 Å². The third kappa shape index (κ3) is 6.81. The molecule has 0 bridgehead atoms. The molecule has 1 N–H and O–H groups in total. The maximum atomic E-state index is 12.9. The number of carbonyl (C=O) groups excluding carboxylic acids is 1. The molecule has 0 saturated heterocycles. The normalized spacial score (nSPS) is 10.9. The van der Waals surface area contributed by atoms with Crippen LogP contribution in [0.25, 0.3) is 0 Å². The topological polar surface area (TPSA) is 64.0 Å². The molecule has 0 saturated carbocycles. The van der Waals surface area contributed by atoms with Gasteiger partial charge in [-0.2, -0.15) is 0 Å². The standard InChI is InChI=1S/C25H28BrN3O2S/c1-17-7-13-21(14-8-17)28-23(30)6-4-5-15-32-25-27-18(2)22(24(31)29(25)3)16-19-9-11-20(26)12-10-19/h7-14H,4-6,15-16H2,1-3H3,(H,28,30). The maximum absolute atomic E-state index is 12.9. The van der Waals surface area contributed by atoms with E-state index in [4.69, 9.17) is 0 Å². The second-order valence-corrected chi connectivity index (χ2v) is 9.82. The van der Waals surface area contributed by atoms with E-state index in [1.165, 1.54) is 5.56 Å². The lowest BCUT2D eigenvalue weighted by molar-refractivity contribution is -0.116. The predicted molar refractivity (Wildman–Crippen MR) is 136 cm³/mol. The van der Waals surface area contributed by atoms with Crippen molar-refractivity contribution in [3.05, 3.63) is 85.7 Å². The van der Waals surface area contributed by atoms with Gasteiger partial charge in [0.15, 0.2) is 5.16 Å². The Morgan fingerprint density at radius 2 is 1.75 bits per heavy atom. The van der Waals surface area contributed by atoms with Crippen molar-refractivity contribution in [2.45, 2.75) is 44.7 Å². The number of aryl methyl sites for hydroxylation is 2. The highest BCUT2D eigenvalue weighted by atomic mass is 79.9. The largest absolute Gasteiger partial charge is 0.326 e. The molecule has 1 heterocycles. The van der Waals surface area contributed by atoms with Gasteiger partial charge in [0.2, 0.25) is 5.91 Å². The fourth-order valence-corrected chi connectivity index (χ4v) is 4.55. The highest BCUT2D eigenvalue weighted by Crippen LogP contribution is 2.19. The molecular formula is C25H28BrN3O2S. The Bertz CT molecular complexity index is 1130. The Hall–Kier alpha value is -2.38. The van der Waals surface area contributed by atoms with E-state index in [9.17, 15) is 9.59 Å². The van der Waals surface area contributed by atoms with Crippen molar-refractivity contribution in [1.29, 1.82) is 0 Å². The Kier molecular flexibility index (Phi) is 8.70. The van der Waals surface area contributed by atoms with E-state index in [0.717, 1.165) is 50.7 Å². The van der Waals surface area contributed by atoms with Crippen molar-refractivity contribution in [2.75, 3.05) is 11.1 Å². The highest BCUT2D eigenvalue weighted by molar-refractivity contribution is 9.10. The number of rotatable bonds is 9. The average Bonchev–Trinajstić information content (AvgIpc) is 2.77. The van der Waals surface area contributed by atoms with Gasteiger partial charge in [0.1, 0.15) is 0 Å². The summed E-state index contributed by atoms with van der Waals surface area (Å²) in [6, 6.07) is 15.8. The van der Waals surface area contributed by atoms with E-state index >= 15 is 0 Å². The number of unbranched alkanes of at least 4 members (excludes halogenated alkanes) is 1. The molecule has 5 nitrogen and oxygen atoms in total.